The molecule has 2 aliphatic heterocycles. The fourth-order valence-electron chi connectivity index (χ4n) is 3.46. The van der Waals surface area contributed by atoms with Crippen molar-refractivity contribution in [3.05, 3.63) is 0 Å². The van der Waals surface area contributed by atoms with E-state index in [0.717, 1.165) is 32.0 Å². The van der Waals surface area contributed by atoms with Gasteiger partial charge in [0.1, 0.15) is 0 Å². The van der Waals surface area contributed by atoms with Gasteiger partial charge in [-0.1, -0.05) is 0 Å². The molecule has 0 spiro atoms. The molecule has 4 nitrogen and oxygen atoms in total. The van der Waals surface area contributed by atoms with Crippen LogP contribution in [0.2, 0.25) is 0 Å². The summed E-state index contributed by atoms with van der Waals surface area (Å²) in [5, 5.41) is 3.05. The number of amides is 1. The summed E-state index contributed by atoms with van der Waals surface area (Å²) >= 11 is 0. The van der Waals surface area contributed by atoms with Crippen LogP contribution < -0.4 is 5.32 Å². The lowest BCUT2D eigenvalue weighted by molar-refractivity contribution is -0.120. The third-order valence-corrected chi connectivity index (χ3v) is 4.68. The molecular formula is C15H31N3O. The molecule has 1 amide bonds. The first-order valence-corrected chi connectivity index (χ1v) is 7.81. The minimum absolute atomic E-state index is 0. The Hall–Kier alpha value is -0.610. The van der Waals surface area contributed by atoms with Gasteiger partial charge in [-0.3, -0.25) is 4.79 Å². The summed E-state index contributed by atoms with van der Waals surface area (Å²) in [5.41, 5.74) is 0. The Morgan fingerprint density at radius 2 is 1.68 bits per heavy atom. The van der Waals surface area contributed by atoms with Crippen LogP contribution in [0, 0.1) is 0 Å². The van der Waals surface area contributed by atoms with Crippen LogP contribution in [0.1, 0.15) is 47.9 Å². The van der Waals surface area contributed by atoms with Crippen molar-refractivity contribution in [1.29, 1.82) is 0 Å². The lowest BCUT2D eigenvalue weighted by atomic mass is 9.97. The zero-order valence-corrected chi connectivity index (χ0v) is 12.7. The predicted molar refractivity (Wildman–Crippen MR) is 80.3 cm³/mol. The van der Waals surface area contributed by atoms with Crippen LogP contribution in [0.3, 0.4) is 0 Å². The second-order valence-electron chi connectivity index (χ2n) is 6.37. The van der Waals surface area contributed by atoms with E-state index in [1.807, 2.05) is 0 Å². The van der Waals surface area contributed by atoms with Crippen molar-refractivity contribution in [3.8, 4) is 0 Å². The molecule has 0 atom stereocenters. The molecule has 0 saturated carbocycles. The summed E-state index contributed by atoms with van der Waals surface area (Å²) in [6.07, 6.45) is 4.85. The van der Waals surface area contributed by atoms with Gasteiger partial charge in [0.05, 0.1) is 0 Å². The first kappa shape index (κ1) is 14.8. The minimum atomic E-state index is 0. The van der Waals surface area contributed by atoms with Gasteiger partial charge in [-0.15, -0.1) is 0 Å². The van der Waals surface area contributed by atoms with Crippen molar-refractivity contribution < 1.29 is 6.22 Å². The Labute approximate surface area is 119 Å². The average molecular weight is 269 g/mol. The zero-order chi connectivity index (χ0) is 13.8. The molecule has 0 bridgehead atoms. The highest BCUT2D eigenvalue weighted by Crippen LogP contribution is 2.22. The quantitative estimate of drug-likeness (QED) is 0.847. The van der Waals surface area contributed by atoms with Gasteiger partial charge >= 0.3 is 0 Å². The Morgan fingerprint density at radius 1 is 1.11 bits per heavy atom. The Balaban J connectivity index is 0.00000200. The largest absolute Gasteiger partial charge is 0.354 e. The molecule has 0 aromatic carbocycles. The van der Waals surface area contributed by atoms with Crippen molar-refractivity contribution in [1.82, 2.24) is 15.1 Å². The van der Waals surface area contributed by atoms with Crippen LogP contribution in [0.5, 0.6) is 0 Å². The fourth-order valence-corrected chi connectivity index (χ4v) is 3.46. The van der Waals surface area contributed by atoms with Crippen LogP contribution >= 0.6 is 0 Å². The molecule has 2 aliphatic rings. The molecule has 2 fully saturated rings. The van der Waals surface area contributed by atoms with Crippen LogP contribution in [0.4, 0.5) is 0 Å². The fraction of sp³-hybridized carbons (Fsp3) is 0.933. The molecule has 4 heteroatoms. The maximum absolute atomic E-state index is 11.1. The molecule has 112 valence electrons. The molecule has 19 heavy (non-hydrogen) atoms. The first-order chi connectivity index (χ1) is 9.06. The number of hydrogen-bond acceptors (Lipinski definition) is 3. The smallest absolute Gasteiger partial charge is 0.217 e. The van der Waals surface area contributed by atoms with E-state index in [4.69, 9.17) is 0 Å². The summed E-state index contributed by atoms with van der Waals surface area (Å²) in [4.78, 5) is 16.3. The van der Waals surface area contributed by atoms with E-state index in [1.165, 1.54) is 25.9 Å². The van der Waals surface area contributed by atoms with E-state index < -0.39 is 0 Å². The van der Waals surface area contributed by atoms with Gasteiger partial charge in [0, 0.05) is 39.6 Å². The number of piperidine rings is 2. The number of carbonyl (C=O) groups is 1. The van der Waals surface area contributed by atoms with Crippen molar-refractivity contribution in [2.45, 2.75) is 64.6 Å². The number of carbonyl (C=O) groups excluding carboxylic acids is 1. The topological polar surface area (TPSA) is 35.6 Å². The molecule has 0 aromatic heterocycles. The lowest BCUT2D eigenvalue weighted by Crippen LogP contribution is -2.51. The van der Waals surface area contributed by atoms with Crippen LogP contribution in [0.15, 0.2) is 0 Å². The Morgan fingerprint density at radius 3 is 2.16 bits per heavy atom. The Kier molecular flexibility index (Phi) is 5.22. The van der Waals surface area contributed by atoms with Crippen LogP contribution in [0.25, 0.3) is 0 Å². The SMILES string of the molecule is CC(=O)NC1CCN(C2CCN(C(C)C)CC2)CC1.[HH]. The van der Waals surface area contributed by atoms with E-state index in [-0.39, 0.29) is 7.33 Å². The summed E-state index contributed by atoms with van der Waals surface area (Å²) in [7, 11) is 0. The number of nitrogens with zero attached hydrogens (tertiary/aromatic N) is 2. The lowest BCUT2D eigenvalue weighted by Gasteiger charge is -2.42. The summed E-state index contributed by atoms with van der Waals surface area (Å²) in [6.45, 7) is 11.0. The molecule has 1 N–H and O–H groups in total. The molecule has 2 heterocycles. The standard InChI is InChI=1S/C15H29N3O.H2/c1-12(2)17-10-6-15(7-11-17)18-8-4-14(5-9-18)16-13(3)19;/h12,14-15H,4-11H2,1-3H3,(H,16,19);1H. The molecule has 0 aliphatic carbocycles. The van der Waals surface area contributed by atoms with E-state index in [0.29, 0.717) is 12.1 Å². The molecule has 0 radical (unpaired) electrons. The second kappa shape index (κ2) is 6.71. The monoisotopic (exact) mass is 269 g/mol. The van der Waals surface area contributed by atoms with E-state index >= 15 is 0 Å². The van der Waals surface area contributed by atoms with Gasteiger partial charge in [0.2, 0.25) is 5.91 Å². The summed E-state index contributed by atoms with van der Waals surface area (Å²) in [6, 6.07) is 1.87. The van der Waals surface area contributed by atoms with Gasteiger partial charge in [0.25, 0.3) is 0 Å². The summed E-state index contributed by atoms with van der Waals surface area (Å²) in [5.74, 6) is 0.115. The number of likely N-dealkylation sites (tertiary alicyclic amines) is 2. The highest BCUT2D eigenvalue weighted by molar-refractivity contribution is 5.73. The zero-order valence-electron chi connectivity index (χ0n) is 12.7. The minimum Gasteiger partial charge on any atom is -0.354 e. The molecule has 0 unspecified atom stereocenters. The molecule has 2 rings (SSSR count). The number of rotatable bonds is 3. The van der Waals surface area contributed by atoms with Gasteiger partial charge < -0.3 is 15.1 Å². The first-order valence-electron chi connectivity index (χ1n) is 7.81. The number of hydrogen-bond donors (Lipinski definition) is 1. The van der Waals surface area contributed by atoms with Crippen molar-refractivity contribution in [2.75, 3.05) is 26.2 Å². The van der Waals surface area contributed by atoms with E-state index in [1.54, 1.807) is 6.92 Å². The normalized spacial score (nSPS) is 24.8. The second-order valence-corrected chi connectivity index (χ2v) is 6.37. The van der Waals surface area contributed by atoms with Gasteiger partial charge in [-0.05, 0) is 52.6 Å². The predicted octanol–water partition coefficient (Wildman–Crippen LogP) is 1.71. The maximum Gasteiger partial charge on any atom is 0.217 e. The van der Waals surface area contributed by atoms with Crippen molar-refractivity contribution in [2.24, 2.45) is 0 Å². The highest BCUT2D eigenvalue weighted by Gasteiger charge is 2.28. The third-order valence-electron chi connectivity index (χ3n) is 4.68. The number of nitrogens with one attached hydrogen (secondary N) is 1. The molecular weight excluding hydrogens is 238 g/mol. The van der Waals surface area contributed by atoms with E-state index in [2.05, 4.69) is 29.0 Å². The average Bonchev–Trinajstić information content (AvgIpc) is 2.39. The van der Waals surface area contributed by atoms with Crippen LogP contribution in [-0.4, -0.2) is 60.0 Å². The van der Waals surface area contributed by atoms with Gasteiger partial charge in [-0.25, -0.2) is 0 Å². The van der Waals surface area contributed by atoms with Gasteiger partial charge in [-0.2, -0.15) is 0 Å². The van der Waals surface area contributed by atoms with Gasteiger partial charge in [0.15, 0.2) is 0 Å². The maximum atomic E-state index is 11.1. The Bertz CT molecular complexity index is 295. The third kappa shape index (κ3) is 4.18. The van der Waals surface area contributed by atoms with Crippen LogP contribution in [-0.2, 0) is 4.79 Å². The van der Waals surface area contributed by atoms with E-state index in [9.17, 15) is 4.79 Å². The highest BCUT2D eigenvalue weighted by atomic mass is 16.1. The molecule has 2 saturated heterocycles. The van der Waals surface area contributed by atoms with Crippen molar-refractivity contribution >= 4 is 5.91 Å². The summed E-state index contributed by atoms with van der Waals surface area (Å²) < 4.78 is 0. The molecule has 0 aromatic rings. The van der Waals surface area contributed by atoms with Crippen molar-refractivity contribution in [3.63, 3.8) is 0 Å².